The van der Waals surface area contributed by atoms with Crippen LogP contribution in [0.5, 0.6) is 0 Å². The van der Waals surface area contributed by atoms with Crippen molar-refractivity contribution in [1.29, 1.82) is 0 Å². The molecule has 2 aliphatic rings. The fourth-order valence-electron chi connectivity index (χ4n) is 5.16. The van der Waals surface area contributed by atoms with Crippen molar-refractivity contribution in [3.8, 4) is 0 Å². The van der Waals surface area contributed by atoms with Crippen LogP contribution in [0, 0.1) is 24.6 Å². The highest BCUT2D eigenvalue weighted by Crippen LogP contribution is 2.48. The molecule has 1 saturated heterocycles. The van der Waals surface area contributed by atoms with Gasteiger partial charge in [0.2, 0.25) is 0 Å². The van der Waals surface area contributed by atoms with E-state index in [0.717, 1.165) is 51.0 Å². The fourth-order valence-corrected chi connectivity index (χ4v) is 5.16. The van der Waals surface area contributed by atoms with E-state index in [0.29, 0.717) is 5.92 Å². The van der Waals surface area contributed by atoms with Gasteiger partial charge in [-0.1, -0.05) is 19.1 Å². The molecule has 1 aromatic heterocycles. The standard InChI is InChI=1S/C22H30FN3O/c1-3-11-26-16(2)18(12-24-26)14-25-13-17-5-4-10-22(27,21(17)15-25)19-6-8-20(23)9-7-19/h6-9,12,17,21,27H,3-5,10-11,13-15H2,1-2H3. The van der Waals surface area contributed by atoms with E-state index in [1.807, 2.05) is 6.20 Å². The molecule has 27 heavy (non-hydrogen) atoms. The van der Waals surface area contributed by atoms with Crippen molar-refractivity contribution >= 4 is 0 Å². The number of benzene rings is 1. The van der Waals surface area contributed by atoms with E-state index < -0.39 is 5.60 Å². The molecule has 2 fully saturated rings. The summed E-state index contributed by atoms with van der Waals surface area (Å²) in [7, 11) is 0. The molecule has 2 heterocycles. The highest BCUT2D eigenvalue weighted by Gasteiger charge is 2.49. The molecule has 2 aromatic rings. The van der Waals surface area contributed by atoms with Crippen molar-refractivity contribution in [3.05, 3.63) is 53.1 Å². The summed E-state index contributed by atoms with van der Waals surface area (Å²) < 4.78 is 15.4. The number of aromatic nitrogens is 2. The van der Waals surface area contributed by atoms with E-state index >= 15 is 0 Å². The van der Waals surface area contributed by atoms with Crippen molar-refractivity contribution < 1.29 is 9.50 Å². The maximum Gasteiger partial charge on any atom is 0.123 e. The van der Waals surface area contributed by atoms with Gasteiger partial charge >= 0.3 is 0 Å². The van der Waals surface area contributed by atoms with Crippen LogP contribution in [0.1, 0.15) is 49.4 Å². The summed E-state index contributed by atoms with van der Waals surface area (Å²) in [5, 5.41) is 16.1. The van der Waals surface area contributed by atoms with Crippen LogP contribution in [0.2, 0.25) is 0 Å². The van der Waals surface area contributed by atoms with Crippen LogP contribution in [-0.4, -0.2) is 32.9 Å². The molecule has 1 saturated carbocycles. The van der Waals surface area contributed by atoms with Gasteiger partial charge in [-0.3, -0.25) is 9.58 Å². The minimum Gasteiger partial charge on any atom is -0.385 e. The Morgan fingerprint density at radius 1 is 1.26 bits per heavy atom. The van der Waals surface area contributed by atoms with Crippen LogP contribution < -0.4 is 0 Å². The van der Waals surface area contributed by atoms with E-state index in [-0.39, 0.29) is 11.7 Å². The van der Waals surface area contributed by atoms with Crippen LogP contribution in [0.3, 0.4) is 0 Å². The molecule has 1 N–H and O–H groups in total. The van der Waals surface area contributed by atoms with E-state index in [4.69, 9.17) is 0 Å². The van der Waals surface area contributed by atoms with Gasteiger partial charge in [-0.05, 0) is 56.2 Å². The summed E-state index contributed by atoms with van der Waals surface area (Å²) in [5.41, 5.74) is 2.56. The fraction of sp³-hybridized carbons (Fsp3) is 0.591. The van der Waals surface area contributed by atoms with Gasteiger partial charge in [-0.15, -0.1) is 0 Å². The highest BCUT2D eigenvalue weighted by atomic mass is 19.1. The number of nitrogens with zero attached hydrogens (tertiary/aromatic N) is 3. The number of fused-ring (bicyclic) bond motifs is 1. The molecule has 3 unspecified atom stereocenters. The maximum atomic E-state index is 13.3. The van der Waals surface area contributed by atoms with Crippen LogP contribution >= 0.6 is 0 Å². The lowest BCUT2D eigenvalue weighted by Crippen LogP contribution is -2.42. The first kappa shape index (κ1) is 18.6. The highest BCUT2D eigenvalue weighted by molar-refractivity contribution is 5.26. The van der Waals surface area contributed by atoms with E-state index in [9.17, 15) is 9.50 Å². The van der Waals surface area contributed by atoms with Crippen molar-refractivity contribution in [2.75, 3.05) is 13.1 Å². The Morgan fingerprint density at radius 2 is 2.04 bits per heavy atom. The van der Waals surface area contributed by atoms with Crippen molar-refractivity contribution in [3.63, 3.8) is 0 Å². The second-order valence-corrected chi connectivity index (χ2v) is 8.36. The third-order valence-electron chi connectivity index (χ3n) is 6.64. The topological polar surface area (TPSA) is 41.3 Å². The number of likely N-dealkylation sites (tertiary alicyclic amines) is 1. The number of hydrogen-bond donors (Lipinski definition) is 1. The predicted molar refractivity (Wildman–Crippen MR) is 104 cm³/mol. The second kappa shape index (κ2) is 7.36. The molecule has 4 rings (SSSR count). The average Bonchev–Trinajstić information content (AvgIpc) is 3.22. The van der Waals surface area contributed by atoms with Gasteiger partial charge in [0.15, 0.2) is 0 Å². The largest absolute Gasteiger partial charge is 0.385 e. The minimum absolute atomic E-state index is 0.211. The van der Waals surface area contributed by atoms with Crippen molar-refractivity contribution in [2.45, 2.75) is 58.2 Å². The molecule has 4 nitrogen and oxygen atoms in total. The quantitative estimate of drug-likeness (QED) is 0.868. The lowest BCUT2D eigenvalue weighted by atomic mass is 9.67. The Morgan fingerprint density at radius 3 is 2.78 bits per heavy atom. The zero-order valence-corrected chi connectivity index (χ0v) is 16.4. The monoisotopic (exact) mass is 371 g/mol. The SMILES string of the molecule is CCCn1ncc(CN2CC3CCCC(O)(c4ccc(F)cc4)C3C2)c1C. The van der Waals surface area contributed by atoms with Gasteiger partial charge in [0, 0.05) is 43.4 Å². The Bertz CT molecular complexity index is 787. The smallest absolute Gasteiger partial charge is 0.123 e. The molecule has 5 heteroatoms. The summed E-state index contributed by atoms with van der Waals surface area (Å²) in [4.78, 5) is 2.47. The average molecular weight is 372 g/mol. The number of rotatable bonds is 5. The first-order chi connectivity index (χ1) is 13.0. The molecular formula is C22H30FN3O. The van der Waals surface area contributed by atoms with Crippen molar-refractivity contribution in [2.24, 2.45) is 11.8 Å². The number of aryl methyl sites for hydroxylation is 1. The van der Waals surface area contributed by atoms with E-state index in [2.05, 4.69) is 28.5 Å². The summed E-state index contributed by atoms with van der Waals surface area (Å²) in [6, 6.07) is 6.46. The number of halogens is 1. The Kier molecular flexibility index (Phi) is 5.08. The van der Waals surface area contributed by atoms with Gasteiger partial charge in [-0.25, -0.2) is 4.39 Å². The molecule has 3 atom stereocenters. The lowest BCUT2D eigenvalue weighted by Gasteiger charge is -2.41. The normalized spacial score (nSPS) is 28.4. The van der Waals surface area contributed by atoms with Crippen LogP contribution in [0.15, 0.2) is 30.5 Å². The Hall–Kier alpha value is -1.72. The Balaban J connectivity index is 1.51. The third kappa shape index (κ3) is 3.43. The molecule has 1 aliphatic heterocycles. The number of aliphatic hydroxyl groups is 1. The van der Waals surface area contributed by atoms with Crippen molar-refractivity contribution in [1.82, 2.24) is 14.7 Å². The zero-order valence-electron chi connectivity index (χ0n) is 16.4. The van der Waals surface area contributed by atoms with Gasteiger partial charge < -0.3 is 5.11 Å². The van der Waals surface area contributed by atoms with Gasteiger partial charge in [0.05, 0.1) is 11.8 Å². The number of hydrogen-bond acceptors (Lipinski definition) is 3. The summed E-state index contributed by atoms with van der Waals surface area (Å²) in [6.45, 7) is 8.07. The molecule has 0 spiro atoms. The van der Waals surface area contributed by atoms with E-state index in [1.54, 1.807) is 12.1 Å². The van der Waals surface area contributed by atoms with E-state index in [1.165, 1.54) is 29.8 Å². The van der Waals surface area contributed by atoms with Gasteiger partial charge in [0.25, 0.3) is 0 Å². The predicted octanol–water partition coefficient (Wildman–Crippen LogP) is 3.86. The molecular weight excluding hydrogens is 341 g/mol. The molecule has 0 bridgehead atoms. The summed E-state index contributed by atoms with van der Waals surface area (Å²) >= 11 is 0. The summed E-state index contributed by atoms with van der Waals surface area (Å²) in [6.07, 6.45) is 6.04. The maximum absolute atomic E-state index is 13.3. The molecule has 0 amide bonds. The second-order valence-electron chi connectivity index (χ2n) is 8.36. The summed E-state index contributed by atoms with van der Waals surface area (Å²) in [5.74, 6) is 0.463. The first-order valence-corrected chi connectivity index (χ1v) is 10.2. The van der Waals surface area contributed by atoms with Gasteiger partial charge in [0.1, 0.15) is 5.82 Å². The molecule has 1 aliphatic carbocycles. The minimum atomic E-state index is -0.840. The molecule has 1 aromatic carbocycles. The molecule has 146 valence electrons. The zero-order chi connectivity index (χ0) is 19.0. The first-order valence-electron chi connectivity index (χ1n) is 10.2. The lowest BCUT2D eigenvalue weighted by molar-refractivity contribution is -0.0648. The van der Waals surface area contributed by atoms with Crippen LogP contribution in [0.25, 0.3) is 0 Å². The van der Waals surface area contributed by atoms with Crippen LogP contribution in [0.4, 0.5) is 4.39 Å². The third-order valence-corrected chi connectivity index (χ3v) is 6.64. The Labute approximate surface area is 161 Å². The van der Waals surface area contributed by atoms with Gasteiger partial charge in [-0.2, -0.15) is 5.10 Å². The molecule has 0 radical (unpaired) electrons. The van der Waals surface area contributed by atoms with Crippen LogP contribution in [-0.2, 0) is 18.7 Å².